The maximum Gasteiger partial charge on any atom is 0.255 e. The molecule has 1 fully saturated rings. The number of phenols is 1. The van der Waals surface area contributed by atoms with Gasteiger partial charge in [-0.1, -0.05) is 19.9 Å². The van der Waals surface area contributed by atoms with Crippen LogP contribution in [0.3, 0.4) is 0 Å². The fourth-order valence-corrected chi connectivity index (χ4v) is 5.41. The Balaban J connectivity index is 1.96. The van der Waals surface area contributed by atoms with Crippen molar-refractivity contribution in [3.05, 3.63) is 45.2 Å². The number of phenolic OH excluding ortho intramolecular Hbond substituents is 1. The van der Waals surface area contributed by atoms with Crippen LogP contribution in [0.4, 0.5) is 0 Å². The van der Waals surface area contributed by atoms with E-state index in [1.54, 1.807) is 0 Å². The number of aromatic hydroxyl groups is 1. The zero-order valence-electron chi connectivity index (χ0n) is 17.4. The number of amides is 1. The minimum absolute atomic E-state index is 0.110. The second-order valence-corrected chi connectivity index (χ2v) is 8.51. The van der Waals surface area contributed by atoms with Gasteiger partial charge in [-0.3, -0.25) is 14.4 Å². The minimum atomic E-state index is -2.53. The zero-order chi connectivity index (χ0) is 22.8. The van der Waals surface area contributed by atoms with Gasteiger partial charge in [0.15, 0.2) is 11.4 Å². The number of aliphatic hydroxyl groups excluding tert-OH is 2. The quantitative estimate of drug-likeness (QED) is 0.458. The summed E-state index contributed by atoms with van der Waals surface area (Å²) in [5.74, 6) is -5.98. The van der Waals surface area contributed by atoms with Crippen LogP contribution in [0.25, 0.3) is 5.76 Å². The van der Waals surface area contributed by atoms with Crippen LogP contribution in [0.1, 0.15) is 48.9 Å². The van der Waals surface area contributed by atoms with Crippen molar-refractivity contribution in [1.82, 2.24) is 0 Å². The number of Topliss-reactive ketones (excluding diaryl/α,β-unsaturated/α-hetero) is 2. The summed E-state index contributed by atoms with van der Waals surface area (Å²) in [5, 5.41) is 43.6. The number of carbonyl (C=O) groups excluding carboxylic acids is 3. The number of aliphatic hydroxyl groups is 3. The van der Waals surface area contributed by atoms with E-state index in [0.717, 1.165) is 11.1 Å². The Morgan fingerprint density at radius 3 is 2.35 bits per heavy atom. The number of carbonyl (C=O) groups is 3. The third-order valence-corrected chi connectivity index (χ3v) is 7.00. The SMILES string of the molecule is CCc1cc(CC)c2c(c1O)C(O)=C1C(=O)C3(O)C(O)=C(C(N)=O)C(=O)CC3CC1C2. The van der Waals surface area contributed by atoms with Gasteiger partial charge >= 0.3 is 0 Å². The Kier molecular flexibility index (Phi) is 4.73. The van der Waals surface area contributed by atoms with E-state index in [9.17, 15) is 34.8 Å². The average molecular weight is 427 g/mol. The van der Waals surface area contributed by atoms with Crippen molar-refractivity contribution in [2.75, 3.05) is 0 Å². The maximum absolute atomic E-state index is 13.4. The lowest BCUT2D eigenvalue weighted by Gasteiger charge is -2.46. The highest BCUT2D eigenvalue weighted by molar-refractivity contribution is 6.22. The second kappa shape index (κ2) is 6.95. The number of hydrogen-bond acceptors (Lipinski definition) is 7. The smallest absolute Gasteiger partial charge is 0.255 e. The summed E-state index contributed by atoms with van der Waals surface area (Å²) in [6.45, 7) is 3.82. The fraction of sp³-hybridized carbons (Fsp3) is 0.435. The van der Waals surface area contributed by atoms with Gasteiger partial charge in [-0.2, -0.15) is 0 Å². The number of aryl methyl sites for hydroxylation is 2. The van der Waals surface area contributed by atoms with Gasteiger partial charge in [0.2, 0.25) is 5.78 Å². The van der Waals surface area contributed by atoms with Crippen molar-refractivity contribution >= 4 is 23.2 Å². The van der Waals surface area contributed by atoms with Crippen molar-refractivity contribution in [2.24, 2.45) is 17.6 Å². The topological polar surface area (TPSA) is 158 Å². The molecule has 3 aliphatic rings. The molecule has 0 aromatic heterocycles. The molecule has 8 heteroatoms. The van der Waals surface area contributed by atoms with Crippen molar-refractivity contribution in [3.8, 4) is 5.75 Å². The molecule has 3 aliphatic carbocycles. The molecule has 0 aliphatic heterocycles. The van der Waals surface area contributed by atoms with Crippen molar-refractivity contribution in [3.63, 3.8) is 0 Å². The second-order valence-electron chi connectivity index (χ2n) is 8.51. The first-order valence-corrected chi connectivity index (χ1v) is 10.4. The van der Waals surface area contributed by atoms with E-state index in [-0.39, 0.29) is 29.7 Å². The molecule has 3 atom stereocenters. The predicted molar refractivity (Wildman–Crippen MR) is 110 cm³/mol. The van der Waals surface area contributed by atoms with E-state index in [4.69, 9.17) is 5.73 Å². The normalized spacial score (nSPS) is 27.7. The first-order valence-electron chi connectivity index (χ1n) is 10.4. The summed E-state index contributed by atoms with van der Waals surface area (Å²) in [6, 6.07) is 1.89. The Hall–Kier alpha value is -3.13. The largest absolute Gasteiger partial charge is 0.508 e. The van der Waals surface area contributed by atoms with Crippen LogP contribution in [-0.4, -0.2) is 43.5 Å². The van der Waals surface area contributed by atoms with Gasteiger partial charge in [0, 0.05) is 17.9 Å². The summed E-state index contributed by atoms with van der Waals surface area (Å²) in [4.78, 5) is 37.4. The van der Waals surface area contributed by atoms with Crippen LogP contribution >= 0.6 is 0 Å². The molecule has 1 aromatic carbocycles. The van der Waals surface area contributed by atoms with Gasteiger partial charge in [0.1, 0.15) is 22.8 Å². The molecule has 1 saturated carbocycles. The van der Waals surface area contributed by atoms with E-state index in [2.05, 4.69) is 0 Å². The molecule has 8 nitrogen and oxygen atoms in total. The predicted octanol–water partition coefficient (Wildman–Crippen LogP) is 1.55. The fourth-order valence-electron chi connectivity index (χ4n) is 5.41. The summed E-state index contributed by atoms with van der Waals surface area (Å²) >= 11 is 0. The van der Waals surface area contributed by atoms with E-state index in [0.29, 0.717) is 24.8 Å². The van der Waals surface area contributed by atoms with Crippen LogP contribution < -0.4 is 5.73 Å². The molecule has 1 amide bonds. The Morgan fingerprint density at radius 2 is 1.77 bits per heavy atom. The van der Waals surface area contributed by atoms with Gasteiger partial charge in [-0.25, -0.2) is 0 Å². The van der Waals surface area contributed by atoms with E-state index in [1.807, 2.05) is 19.9 Å². The molecular formula is C23H25NO7. The van der Waals surface area contributed by atoms with Crippen LogP contribution in [0, 0.1) is 11.8 Å². The summed E-state index contributed by atoms with van der Waals surface area (Å²) in [7, 11) is 0. The maximum atomic E-state index is 13.4. The number of fused-ring (bicyclic) bond motifs is 3. The van der Waals surface area contributed by atoms with Gasteiger partial charge in [0.05, 0.1) is 5.56 Å². The highest BCUT2D eigenvalue weighted by atomic mass is 16.3. The van der Waals surface area contributed by atoms with Crippen LogP contribution in [0.5, 0.6) is 5.75 Å². The lowest BCUT2D eigenvalue weighted by atomic mass is 9.59. The van der Waals surface area contributed by atoms with Crippen LogP contribution in [-0.2, 0) is 33.6 Å². The van der Waals surface area contributed by atoms with E-state index in [1.165, 1.54) is 0 Å². The highest BCUT2D eigenvalue weighted by Gasteiger charge is 2.60. The Labute approximate surface area is 178 Å². The summed E-state index contributed by atoms with van der Waals surface area (Å²) < 4.78 is 0. The Bertz CT molecular complexity index is 1110. The molecule has 0 spiro atoms. The molecular weight excluding hydrogens is 402 g/mol. The van der Waals surface area contributed by atoms with Crippen molar-refractivity contribution in [2.45, 2.75) is 51.6 Å². The highest BCUT2D eigenvalue weighted by Crippen LogP contribution is 2.52. The molecule has 31 heavy (non-hydrogen) atoms. The number of primary amides is 1. The standard InChI is InChI=1S/C23H25NO7/c1-3-9-5-10(4-2)18(26)16-13(9)7-11-6-12-8-14(25)17(22(24)30)21(29)23(12,31)20(28)15(11)19(16)27/h5,11-12,26-27,29,31H,3-4,6-8H2,1-2H3,(H2,24,30). The summed E-state index contributed by atoms with van der Waals surface area (Å²) in [5.41, 5.74) is 4.24. The minimum Gasteiger partial charge on any atom is -0.508 e. The molecule has 4 rings (SSSR count). The molecule has 3 unspecified atom stereocenters. The number of hydrogen-bond donors (Lipinski definition) is 5. The van der Waals surface area contributed by atoms with Gasteiger partial charge in [-0.05, 0) is 48.3 Å². The molecule has 164 valence electrons. The van der Waals surface area contributed by atoms with E-state index >= 15 is 0 Å². The lowest BCUT2D eigenvalue weighted by molar-refractivity contribution is -0.147. The molecule has 0 radical (unpaired) electrons. The zero-order valence-corrected chi connectivity index (χ0v) is 17.4. The third-order valence-electron chi connectivity index (χ3n) is 7.00. The van der Waals surface area contributed by atoms with Gasteiger partial charge in [0.25, 0.3) is 5.91 Å². The molecule has 0 bridgehead atoms. The molecule has 6 N–H and O–H groups in total. The monoisotopic (exact) mass is 427 g/mol. The van der Waals surface area contributed by atoms with Crippen LogP contribution in [0.2, 0.25) is 0 Å². The molecule has 0 heterocycles. The Morgan fingerprint density at radius 1 is 1.13 bits per heavy atom. The first kappa shape index (κ1) is 21.1. The van der Waals surface area contributed by atoms with Crippen LogP contribution in [0.15, 0.2) is 23.0 Å². The van der Waals surface area contributed by atoms with Gasteiger partial charge in [-0.15, -0.1) is 0 Å². The number of nitrogens with two attached hydrogens (primary N) is 1. The first-order chi connectivity index (χ1) is 14.6. The number of benzene rings is 1. The van der Waals surface area contributed by atoms with E-state index < -0.39 is 52.0 Å². The summed E-state index contributed by atoms with van der Waals surface area (Å²) in [6.07, 6.45) is 1.35. The van der Waals surface area contributed by atoms with Crippen molar-refractivity contribution in [1.29, 1.82) is 0 Å². The third kappa shape index (κ3) is 2.67. The van der Waals surface area contributed by atoms with Gasteiger partial charge < -0.3 is 26.2 Å². The molecule has 0 saturated heterocycles. The van der Waals surface area contributed by atoms with Crippen molar-refractivity contribution < 1.29 is 34.8 Å². The number of rotatable bonds is 3. The average Bonchev–Trinajstić information content (AvgIpc) is 2.70. The number of ketones is 2. The molecule has 1 aromatic rings. The lowest BCUT2D eigenvalue weighted by Crippen LogP contribution is -2.58.